The molecule has 0 atom stereocenters. The van der Waals surface area contributed by atoms with Gasteiger partial charge in [0.1, 0.15) is 0 Å². The Balaban J connectivity index is 1.81. The first-order valence-electron chi connectivity index (χ1n) is 8.47. The quantitative estimate of drug-likeness (QED) is 0.615. The van der Waals surface area contributed by atoms with Gasteiger partial charge in [0.2, 0.25) is 5.91 Å². The molecule has 6 nitrogen and oxygen atoms in total. The van der Waals surface area contributed by atoms with Crippen LogP contribution in [-0.4, -0.2) is 29.2 Å². The van der Waals surface area contributed by atoms with E-state index >= 15 is 0 Å². The van der Waals surface area contributed by atoms with Gasteiger partial charge in [0.15, 0.2) is 0 Å². The number of urea groups is 1. The molecule has 0 unspecified atom stereocenters. The third-order valence-electron chi connectivity index (χ3n) is 3.75. The van der Waals surface area contributed by atoms with E-state index in [1.54, 1.807) is 38.1 Å². The summed E-state index contributed by atoms with van der Waals surface area (Å²) in [5, 5.41) is 17.5. The molecular weight excluding hydrogens is 330 g/mol. The molecule has 0 fully saturated rings. The molecular formula is C20H25N3O3. The van der Waals surface area contributed by atoms with Gasteiger partial charge < -0.3 is 21.1 Å². The largest absolute Gasteiger partial charge is 0.394 e. The van der Waals surface area contributed by atoms with E-state index in [1.165, 1.54) is 0 Å². The van der Waals surface area contributed by atoms with Crippen molar-refractivity contribution in [2.75, 3.05) is 11.9 Å². The highest BCUT2D eigenvalue weighted by atomic mass is 16.3. The Morgan fingerprint density at radius 3 is 2.23 bits per heavy atom. The molecule has 0 aliphatic heterocycles. The molecule has 0 saturated heterocycles. The van der Waals surface area contributed by atoms with Crippen molar-refractivity contribution in [3.05, 3.63) is 65.7 Å². The van der Waals surface area contributed by atoms with Crippen LogP contribution in [0, 0.1) is 0 Å². The summed E-state index contributed by atoms with van der Waals surface area (Å²) in [6.45, 7) is 3.84. The SMILES string of the molecule is CC(C)(CO)NC(=O)Cc1ccc(NC(=O)NCc2ccccc2)cc1. The van der Waals surface area contributed by atoms with Crippen LogP contribution >= 0.6 is 0 Å². The Labute approximate surface area is 153 Å². The Bertz CT molecular complexity index is 728. The van der Waals surface area contributed by atoms with Crippen LogP contribution in [0.2, 0.25) is 0 Å². The van der Waals surface area contributed by atoms with Crippen molar-refractivity contribution < 1.29 is 14.7 Å². The van der Waals surface area contributed by atoms with Gasteiger partial charge in [-0.15, -0.1) is 0 Å². The summed E-state index contributed by atoms with van der Waals surface area (Å²) in [4.78, 5) is 23.9. The number of nitrogens with one attached hydrogen (secondary N) is 3. The predicted octanol–water partition coefficient (Wildman–Crippen LogP) is 2.44. The standard InChI is InChI=1S/C20H25N3O3/c1-20(2,14-24)23-18(25)12-15-8-10-17(11-9-15)22-19(26)21-13-16-6-4-3-5-7-16/h3-11,24H,12-14H2,1-2H3,(H,23,25)(H2,21,22,26). The van der Waals surface area contributed by atoms with Crippen LogP contribution < -0.4 is 16.0 Å². The van der Waals surface area contributed by atoms with E-state index in [0.717, 1.165) is 11.1 Å². The molecule has 0 aliphatic carbocycles. The molecule has 2 aromatic carbocycles. The second-order valence-corrected chi connectivity index (χ2v) is 6.76. The zero-order valence-electron chi connectivity index (χ0n) is 15.1. The van der Waals surface area contributed by atoms with Crippen LogP contribution in [0.25, 0.3) is 0 Å². The van der Waals surface area contributed by atoms with Gasteiger partial charge in [0.05, 0.1) is 18.6 Å². The van der Waals surface area contributed by atoms with Crippen LogP contribution in [0.15, 0.2) is 54.6 Å². The molecule has 0 saturated carbocycles. The van der Waals surface area contributed by atoms with Crippen molar-refractivity contribution in [2.45, 2.75) is 32.4 Å². The summed E-state index contributed by atoms with van der Waals surface area (Å²) >= 11 is 0. The average molecular weight is 355 g/mol. The number of hydrogen-bond acceptors (Lipinski definition) is 3. The van der Waals surface area contributed by atoms with Crippen molar-refractivity contribution in [2.24, 2.45) is 0 Å². The van der Waals surface area contributed by atoms with Gasteiger partial charge in [-0.2, -0.15) is 0 Å². The van der Waals surface area contributed by atoms with Gasteiger partial charge >= 0.3 is 6.03 Å². The molecule has 0 radical (unpaired) electrons. The van der Waals surface area contributed by atoms with Crippen molar-refractivity contribution in [1.82, 2.24) is 10.6 Å². The van der Waals surface area contributed by atoms with Crippen LogP contribution in [0.4, 0.5) is 10.5 Å². The fraction of sp³-hybridized carbons (Fsp3) is 0.300. The maximum absolute atomic E-state index is 12.0. The smallest absolute Gasteiger partial charge is 0.319 e. The van der Waals surface area contributed by atoms with E-state index in [2.05, 4.69) is 16.0 Å². The first-order chi connectivity index (χ1) is 12.4. The summed E-state index contributed by atoms with van der Waals surface area (Å²) in [5.74, 6) is -0.162. The minimum Gasteiger partial charge on any atom is -0.394 e. The van der Waals surface area contributed by atoms with E-state index in [0.29, 0.717) is 12.2 Å². The number of anilines is 1. The number of aliphatic hydroxyl groups is 1. The minimum atomic E-state index is -0.643. The third kappa shape index (κ3) is 6.57. The Hall–Kier alpha value is -2.86. The lowest BCUT2D eigenvalue weighted by Gasteiger charge is -2.23. The zero-order chi connectivity index (χ0) is 19.0. The van der Waals surface area contributed by atoms with Crippen LogP contribution in [0.5, 0.6) is 0 Å². The van der Waals surface area contributed by atoms with Crippen molar-refractivity contribution in [3.63, 3.8) is 0 Å². The summed E-state index contributed by atoms with van der Waals surface area (Å²) in [6, 6.07) is 16.5. The fourth-order valence-electron chi connectivity index (χ4n) is 2.31. The highest BCUT2D eigenvalue weighted by Crippen LogP contribution is 2.11. The van der Waals surface area contributed by atoms with Crippen LogP contribution in [-0.2, 0) is 17.8 Å². The summed E-state index contributed by atoms with van der Waals surface area (Å²) < 4.78 is 0. The van der Waals surface area contributed by atoms with Crippen molar-refractivity contribution >= 4 is 17.6 Å². The third-order valence-corrected chi connectivity index (χ3v) is 3.75. The van der Waals surface area contributed by atoms with Gasteiger partial charge in [0, 0.05) is 12.2 Å². The maximum atomic E-state index is 12.0. The Kier molecular flexibility index (Phi) is 6.74. The summed E-state index contributed by atoms with van der Waals surface area (Å²) in [7, 11) is 0. The van der Waals surface area contributed by atoms with E-state index in [1.807, 2.05) is 30.3 Å². The topological polar surface area (TPSA) is 90.5 Å². The van der Waals surface area contributed by atoms with Gasteiger partial charge in [-0.25, -0.2) is 4.79 Å². The van der Waals surface area contributed by atoms with E-state index in [9.17, 15) is 14.7 Å². The molecule has 0 heterocycles. The zero-order valence-corrected chi connectivity index (χ0v) is 15.1. The predicted molar refractivity (Wildman–Crippen MR) is 102 cm³/mol. The lowest BCUT2D eigenvalue weighted by atomic mass is 10.1. The molecule has 26 heavy (non-hydrogen) atoms. The molecule has 138 valence electrons. The van der Waals surface area contributed by atoms with Crippen molar-refractivity contribution in [3.8, 4) is 0 Å². The Morgan fingerprint density at radius 1 is 0.962 bits per heavy atom. The first-order valence-corrected chi connectivity index (χ1v) is 8.47. The molecule has 4 N–H and O–H groups in total. The second kappa shape index (κ2) is 9.01. The van der Waals surface area contributed by atoms with E-state index in [-0.39, 0.29) is 25.0 Å². The van der Waals surface area contributed by atoms with Gasteiger partial charge in [-0.05, 0) is 37.1 Å². The number of amides is 3. The molecule has 2 aromatic rings. The lowest BCUT2D eigenvalue weighted by molar-refractivity contribution is -0.122. The van der Waals surface area contributed by atoms with Gasteiger partial charge in [-0.3, -0.25) is 4.79 Å². The van der Waals surface area contributed by atoms with Crippen LogP contribution in [0.3, 0.4) is 0 Å². The summed E-state index contributed by atoms with van der Waals surface area (Å²) in [5.41, 5.74) is 1.85. The monoisotopic (exact) mass is 355 g/mol. The molecule has 3 amide bonds. The molecule has 0 aliphatic rings. The second-order valence-electron chi connectivity index (χ2n) is 6.76. The van der Waals surface area contributed by atoms with Crippen molar-refractivity contribution in [1.29, 1.82) is 0 Å². The van der Waals surface area contributed by atoms with E-state index in [4.69, 9.17) is 0 Å². The maximum Gasteiger partial charge on any atom is 0.319 e. The molecule has 0 spiro atoms. The molecule has 2 rings (SSSR count). The lowest BCUT2D eigenvalue weighted by Crippen LogP contribution is -2.46. The molecule has 0 bridgehead atoms. The van der Waals surface area contributed by atoms with Gasteiger partial charge in [-0.1, -0.05) is 42.5 Å². The van der Waals surface area contributed by atoms with Crippen LogP contribution in [0.1, 0.15) is 25.0 Å². The van der Waals surface area contributed by atoms with Gasteiger partial charge in [0.25, 0.3) is 0 Å². The average Bonchev–Trinajstić information content (AvgIpc) is 2.62. The number of carbonyl (C=O) groups is 2. The highest BCUT2D eigenvalue weighted by molar-refractivity contribution is 5.89. The fourth-order valence-corrected chi connectivity index (χ4v) is 2.31. The number of aliphatic hydroxyl groups excluding tert-OH is 1. The Morgan fingerprint density at radius 2 is 1.62 bits per heavy atom. The number of carbonyl (C=O) groups excluding carboxylic acids is 2. The number of rotatable bonds is 7. The molecule has 6 heteroatoms. The molecule has 0 aromatic heterocycles. The number of hydrogen-bond donors (Lipinski definition) is 4. The minimum absolute atomic E-state index is 0.125. The normalized spacial score (nSPS) is 10.9. The first kappa shape index (κ1) is 19.5. The number of benzene rings is 2. The summed E-state index contributed by atoms with van der Waals surface area (Å²) in [6.07, 6.45) is 0.212. The highest BCUT2D eigenvalue weighted by Gasteiger charge is 2.18. The van der Waals surface area contributed by atoms with E-state index < -0.39 is 5.54 Å².